The van der Waals surface area contributed by atoms with Crippen LogP contribution in [-0.2, 0) is 32.5 Å². The number of nitrogens with two attached hydrogens (primary N) is 1. The number of hydrogen-bond acceptors (Lipinski definition) is 7. The van der Waals surface area contributed by atoms with Crippen LogP contribution in [0.3, 0.4) is 0 Å². The monoisotopic (exact) mass is 585 g/mol. The average Bonchev–Trinajstić information content (AvgIpc) is 3.59. The summed E-state index contributed by atoms with van der Waals surface area (Å²) in [6.07, 6.45) is -3.36. The number of nitrogens with zero attached hydrogens (tertiary/aromatic N) is 6. The van der Waals surface area contributed by atoms with E-state index in [-0.39, 0.29) is 36.6 Å². The van der Waals surface area contributed by atoms with Gasteiger partial charge in [-0.15, -0.1) is 5.10 Å². The third-order valence-electron chi connectivity index (χ3n) is 7.25. The molecule has 0 spiro atoms. The van der Waals surface area contributed by atoms with Gasteiger partial charge in [0.25, 0.3) is 5.95 Å². The summed E-state index contributed by atoms with van der Waals surface area (Å²) >= 11 is 0. The third kappa shape index (κ3) is 7.66. The molecule has 1 aliphatic carbocycles. The fraction of sp³-hybridized carbons (Fsp3) is 0.556. The van der Waals surface area contributed by atoms with E-state index in [0.717, 1.165) is 31.4 Å². The van der Waals surface area contributed by atoms with Gasteiger partial charge in [-0.25, -0.2) is 0 Å². The molecule has 0 amide bonds. The van der Waals surface area contributed by atoms with Gasteiger partial charge in [0.1, 0.15) is 5.75 Å². The van der Waals surface area contributed by atoms with Gasteiger partial charge in [-0.1, -0.05) is 17.9 Å². The van der Waals surface area contributed by atoms with E-state index in [1.165, 1.54) is 16.7 Å². The number of halogens is 6. The van der Waals surface area contributed by atoms with Crippen LogP contribution in [0.15, 0.2) is 30.5 Å². The van der Waals surface area contributed by atoms with Crippen molar-refractivity contribution in [1.29, 1.82) is 0 Å². The number of ether oxygens (including phenoxy) is 1. The average molecular weight is 586 g/mol. The molecule has 14 heteroatoms. The first-order chi connectivity index (χ1) is 19.4. The molecule has 1 fully saturated rings. The van der Waals surface area contributed by atoms with Crippen LogP contribution in [0, 0.1) is 5.92 Å². The molecule has 3 aromatic rings. The van der Waals surface area contributed by atoms with E-state index in [1.54, 1.807) is 12.3 Å². The van der Waals surface area contributed by atoms with Crippen molar-refractivity contribution in [3.05, 3.63) is 58.4 Å². The predicted octanol–water partition coefficient (Wildman–Crippen LogP) is 5.87. The Balaban J connectivity index is 1.78. The number of benzene rings is 1. The minimum atomic E-state index is -4.97. The molecule has 2 N–H and O–H groups in total. The van der Waals surface area contributed by atoms with Crippen LogP contribution in [0.25, 0.3) is 0 Å². The van der Waals surface area contributed by atoms with Crippen molar-refractivity contribution in [1.82, 2.24) is 25.2 Å². The highest BCUT2D eigenvalue weighted by Crippen LogP contribution is 2.41. The van der Waals surface area contributed by atoms with E-state index in [0.29, 0.717) is 48.9 Å². The Morgan fingerprint density at radius 1 is 1.02 bits per heavy atom. The molecular weight excluding hydrogens is 552 g/mol. The Kier molecular flexibility index (Phi) is 9.40. The third-order valence-corrected chi connectivity index (χ3v) is 7.25. The summed E-state index contributed by atoms with van der Waals surface area (Å²) in [7, 11) is 1.51. The van der Waals surface area contributed by atoms with Crippen LogP contribution < -0.4 is 15.4 Å². The van der Waals surface area contributed by atoms with Crippen LogP contribution in [0.2, 0.25) is 0 Å². The number of hydrogen-bond donors (Lipinski definition) is 1. The summed E-state index contributed by atoms with van der Waals surface area (Å²) in [5.74, 6) is 0.941. The Bertz CT molecular complexity index is 1270. The second kappa shape index (κ2) is 12.6. The van der Waals surface area contributed by atoms with Gasteiger partial charge >= 0.3 is 12.4 Å². The number of aromatic nitrogens is 5. The Hall–Kier alpha value is -3.42. The fourth-order valence-electron chi connectivity index (χ4n) is 5.47. The van der Waals surface area contributed by atoms with Crippen LogP contribution >= 0.6 is 0 Å². The van der Waals surface area contributed by atoms with Gasteiger partial charge in [0, 0.05) is 24.7 Å². The lowest BCUT2D eigenvalue weighted by Crippen LogP contribution is -2.27. The summed E-state index contributed by atoms with van der Waals surface area (Å²) in [5, 5.41) is 12.0. The van der Waals surface area contributed by atoms with Crippen molar-refractivity contribution in [2.24, 2.45) is 18.7 Å². The predicted molar refractivity (Wildman–Crippen MR) is 139 cm³/mol. The van der Waals surface area contributed by atoms with E-state index < -0.39 is 23.5 Å². The van der Waals surface area contributed by atoms with E-state index in [2.05, 4.69) is 15.4 Å². The van der Waals surface area contributed by atoms with Crippen molar-refractivity contribution >= 4 is 5.95 Å². The largest absolute Gasteiger partial charge is 0.492 e. The zero-order valence-electron chi connectivity index (χ0n) is 22.8. The minimum absolute atomic E-state index is 0.0373. The standard InChI is InChI=1S/C27H33F6N7O/c1-3-41-22-12-19(24(35-14-22)23(8-9-34)18-6-4-5-7-18)16-40(25-36-38-39(2)37-25)15-17-10-20(26(28,29)30)13-21(11-17)27(31,32)33/h10-14,18,23H,3-9,15-16,34H2,1-2H3. The molecular formula is C27H33F6N7O. The molecule has 1 aliphatic rings. The van der Waals surface area contributed by atoms with Gasteiger partial charge in [0.15, 0.2) is 0 Å². The SMILES string of the molecule is CCOc1cnc(C(CCN)C2CCCC2)c(CN(Cc2cc(C(F)(F)F)cc(C(F)(F)F)c2)c2nnn(C)n2)c1. The van der Waals surface area contributed by atoms with Gasteiger partial charge in [-0.05, 0) is 79.3 Å². The first-order valence-electron chi connectivity index (χ1n) is 13.5. The summed E-state index contributed by atoms with van der Waals surface area (Å²) in [5.41, 5.74) is 4.48. The molecule has 4 rings (SSSR count). The highest BCUT2D eigenvalue weighted by molar-refractivity contribution is 5.40. The second-order valence-corrected chi connectivity index (χ2v) is 10.2. The van der Waals surface area contributed by atoms with Gasteiger partial charge in [-0.2, -0.15) is 31.1 Å². The Morgan fingerprint density at radius 3 is 2.22 bits per heavy atom. The molecule has 224 valence electrons. The number of rotatable bonds is 11. The summed E-state index contributed by atoms with van der Waals surface area (Å²) in [4.78, 5) is 7.41. The molecule has 2 aromatic heterocycles. The molecule has 1 saturated carbocycles. The maximum atomic E-state index is 13.6. The summed E-state index contributed by atoms with van der Waals surface area (Å²) in [6, 6.07) is 3.34. The number of pyridine rings is 1. The van der Waals surface area contributed by atoms with Crippen molar-refractivity contribution < 1.29 is 31.1 Å². The lowest BCUT2D eigenvalue weighted by Gasteiger charge is -2.28. The van der Waals surface area contributed by atoms with Gasteiger partial charge < -0.3 is 15.4 Å². The highest BCUT2D eigenvalue weighted by Gasteiger charge is 2.37. The first kappa shape index (κ1) is 30.5. The lowest BCUT2D eigenvalue weighted by molar-refractivity contribution is -0.143. The van der Waals surface area contributed by atoms with Gasteiger partial charge in [0.2, 0.25) is 0 Å². The van der Waals surface area contributed by atoms with Gasteiger partial charge in [0.05, 0.1) is 31.0 Å². The zero-order chi connectivity index (χ0) is 29.8. The maximum Gasteiger partial charge on any atom is 0.416 e. The van der Waals surface area contributed by atoms with Crippen LogP contribution in [0.5, 0.6) is 5.75 Å². The Labute approximate surface area is 233 Å². The quantitative estimate of drug-likeness (QED) is 0.281. The molecule has 1 aromatic carbocycles. The van der Waals surface area contributed by atoms with E-state index in [4.69, 9.17) is 15.5 Å². The fourth-order valence-corrected chi connectivity index (χ4v) is 5.47. The van der Waals surface area contributed by atoms with Crippen LogP contribution in [0.1, 0.15) is 72.9 Å². The normalized spacial score (nSPS) is 15.3. The van der Waals surface area contributed by atoms with Gasteiger partial charge in [-0.3, -0.25) is 4.98 Å². The molecule has 0 bridgehead atoms. The van der Waals surface area contributed by atoms with E-state index in [9.17, 15) is 26.3 Å². The summed E-state index contributed by atoms with van der Waals surface area (Å²) in [6.45, 7) is 2.35. The molecule has 1 unspecified atom stereocenters. The number of aryl methyl sites for hydroxylation is 1. The molecule has 0 radical (unpaired) electrons. The first-order valence-corrected chi connectivity index (χ1v) is 13.5. The van der Waals surface area contributed by atoms with Crippen molar-refractivity contribution in [3.8, 4) is 5.75 Å². The van der Waals surface area contributed by atoms with E-state index in [1.807, 2.05) is 6.92 Å². The summed E-state index contributed by atoms with van der Waals surface area (Å²) < 4.78 is 87.1. The zero-order valence-corrected chi connectivity index (χ0v) is 22.8. The number of tetrazole rings is 1. The van der Waals surface area contributed by atoms with Crippen LogP contribution in [-0.4, -0.2) is 38.3 Å². The molecule has 1 atom stereocenters. The minimum Gasteiger partial charge on any atom is -0.492 e. The second-order valence-electron chi connectivity index (χ2n) is 10.2. The van der Waals surface area contributed by atoms with Crippen molar-refractivity contribution in [3.63, 3.8) is 0 Å². The van der Waals surface area contributed by atoms with Crippen molar-refractivity contribution in [2.75, 3.05) is 18.1 Å². The number of alkyl halides is 6. The topological polar surface area (TPSA) is 95.0 Å². The Morgan fingerprint density at radius 2 is 1.68 bits per heavy atom. The molecule has 0 saturated heterocycles. The molecule has 2 heterocycles. The highest BCUT2D eigenvalue weighted by atomic mass is 19.4. The number of anilines is 1. The molecule has 41 heavy (non-hydrogen) atoms. The lowest BCUT2D eigenvalue weighted by atomic mass is 9.83. The van der Waals surface area contributed by atoms with E-state index >= 15 is 0 Å². The van der Waals surface area contributed by atoms with Crippen molar-refractivity contribution in [2.45, 2.75) is 70.4 Å². The molecule has 0 aliphatic heterocycles. The van der Waals surface area contributed by atoms with Crippen LogP contribution in [0.4, 0.5) is 32.3 Å². The maximum absolute atomic E-state index is 13.6. The smallest absolute Gasteiger partial charge is 0.416 e. The molecule has 8 nitrogen and oxygen atoms in total.